The third-order valence-corrected chi connectivity index (χ3v) is 21.8. The van der Waals surface area contributed by atoms with Crippen molar-refractivity contribution in [2.45, 2.75) is 48.4 Å². The normalized spacial score (nSPS) is 11.2. The zero-order valence-corrected chi connectivity index (χ0v) is 37.4. The lowest BCUT2D eigenvalue weighted by molar-refractivity contribution is 0.357. The Bertz CT molecular complexity index is 1470. The molecule has 0 heterocycles. The standard InChI is InChI=1S/C40H52O8Si5/c1-41-29-13-9-17-33(37(29)45-5)49-21-25-53(26-22-50-34-18-10-14-30(42-2)38(34)46-6,27-23-51-35-19-11-15-31(43-3)39(35)47-7)28-24-52-36-20-12-16-32(44-4)40(36)48-8/h9-20H,21-28H2,1-8H3. The molecule has 280 valence electrons. The van der Waals surface area contributed by atoms with Crippen molar-refractivity contribution in [2.75, 3.05) is 56.9 Å². The highest BCUT2D eigenvalue weighted by Gasteiger charge is 2.32. The number of hydrogen-bond donors (Lipinski definition) is 0. The highest BCUT2D eigenvalue weighted by molar-refractivity contribution is 6.83. The first-order valence-electron chi connectivity index (χ1n) is 17.7. The second kappa shape index (κ2) is 21.9. The van der Waals surface area contributed by atoms with Crippen molar-refractivity contribution in [2.24, 2.45) is 0 Å². The summed E-state index contributed by atoms with van der Waals surface area (Å²) in [7, 11) is 14.4. The van der Waals surface area contributed by atoms with E-state index >= 15 is 0 Å². The van der Waals surface area contributed by atoms with Gasteiger partial charge in [-0.15, -0.1) is 0 Å². The second-order valence-corrected chi connectivity index (χ2v) is 22.9. The Hall–Kier alpha value is -3.64. The Morgan fingerprint density at radius 1 is 0.340 bits per heavy atom. The number of ether oxygens (including phenoxy) is 8. The van der Waals surface area contributed by atoms with Gasteiger partial charge < -0.3 is 37.9 Å². The maximum atomic E-state index is 5.84. The monoisotopic (exact) mass is 800 g/mol. The molecule has 8 radical (unpaired) electrons. The maximum absolute atomic E-state index is 5.84. The van der Waals surface area contributed by atoms with E-state index in [-0.39, 0.29) is 0 Å². The van der Waals surface area contributed by atoms with E-state index in [1.165, 1.54) is 44.9 Å². The van der Waals surface area contributed by atoms with Gasteiger partial charge in [0.25, 0.3) is 0 Å². The van der Waals surface area contributed by atoms with Gasteiger partial charge in [0, 0.05) is 0 Å². The van der Waals surface area contributed by atoms with Crippen LogP contribution in [0.1, 0.15) is 0 Å². The summed E-state index contributed by atoms with van der Waals surface area (Å²) >= 11 is 0. The van der Waals surface area contributed by atoms with Gasteiger partial charge in [-0.2, -0.15) is 0 Å². The molecule has 0 aliphatic heterocycles. The fourth-order valence-electron chi connectivity index (χ4n) is 6.70. The van der Waals surface area contributed by atoms with Crippen LogP contribution >= 0.6 is 0 Å². The third kappa shape index (κ3) is 11.2. The van der Waals surface area contributed by atoms with Gasteiger partial charge in [0.1, 0.15) is 0 Å². The van der Waals surface area contributed by atoms with Gasteiger partial charge in [-0.3, -0.25) is 0 Å². The van der Waals surface area contributed by atoms with Crippen LogP contribution in [0.25, 0.3) is 0 Å². The van der Waals surface area contributed by atoms with Crippen LogP contribution in [-0.4, -0.2) is 103 Å². The predicted molar refractivity (Wildman–Crippen MR) is 224 cm³/mol. The number of rotatable bonds is 24. The molecule has 53 heavy (non-hydrogen) atoms. The van der Waals surface area contributed by atoms with Crippen LogP contribution in [0.15, 0.2) is 72.8 Å². The van der Waals surface area contributed by atoms with Crippen LogP contribution < -0.4 is 58.6 Å². The van der Waals surface area contributed by atoms with E-state index in [4.69, 9.17) is 37.9 Å². The summed E-state index contributed by atoms with van der Waals surface area (Å²) in [6.07, 6.45) is 0. The van der Waals surface area contributed by atoms with Crippen molar-refractivity contribution < 1.29 is 37.9 Å². The van der Waals surface area contributed by atoms with Crippen molar-refractivity contribution in [1.82, 2.24) is 0 Å². The molecule has 0 bridgehead atoms. The first-order valence-corrected chi connectivity index (χ1v) is 25.4. The molecule has 4 aromatic carbocycles. The van der Waals surface area contributed by atoms with Crippen LogP contribution in [0, 0.1) is 0 Å². The molecule has 0 atom stereocenters. The third-order valence-electron chi connectivity index (χ3n) is 9.49. The largest absolute Gasteiger partial charge is 0.493 e. The van der Waals surface area contributed by atoms with Gasteiger partial charge in [-0.1, -0.05) is 96.9 Å². The molecule has 0 aromatic heterocycles. The fraction of sp³-hybridized carbons (Fsp3) is 0.400. The second-order valence-electron chi connectivity index (χ2n) is 12.4. The minimum Gasteiger partial charge on any atom is -0.493 e. The van der Waals surface area contributed by atoms with E-state index in [1.54, 1.807) is 56.9 Å². The molecule has 4 rings (SSSR count). The number of methoxy groups -OCH3 is 8. The van der Waals surface area contributed by atoms with Gasteiger partial charge in [0.05, 0.1) is 103 Å². The Labute approximate surface area is 327 Å². The molecule has 13 heteroatoms. The Kier molecular flexibility index (Phi) is 17.4. The zero-order valence-electron chi connectivity index (χ0n) is 32.4. The van der Waals surface area contributed by atoms with Gasteiger partial charge in [0.2, 0.25) is 0 Å². The van der Waals surface area contributed by atoms with Crippen molar-refractivity contribution >= 4 is 66.9 Å². The van der Waals surface area contributed by atoms with Crippen molar-refractivity contribution in [1.29, 1.82) is 0 Å². The highest BCUT2D eigenvalue weighted by atomic mass is 28.3. The molecule has 0 spiro atoms. The SMILES string of the molecule is COc1cccc([Si]CC[Si](CC[Si]c2cccc(OC)c2OC)(CC[Si]c2cccc(OC)c2OC)CC[Si]c2cccc(OC)c2OC)c1OC. The van der Waals surface area contributed by atoms with Crippen LogP contribution in [0.5, 0.6) is 46.0 Å². The summed E-state index contributed by atoms with van der Waals surface area (Å²) in [5.74, 6) is 6.56. The summed E-state index contributed by atoms with van der Waals surface area (Å²) in [5, 5.41) is 4.90. The Balaban J connectivity index is 1.64. The van der Waals surface area contributed by atoms with E-state index in [9.17, 15) is 0 Å². The fourth-order valence-corrected chi connectivity index (χ4v) is 22.2. The highest BCUT2D eigenvalue weighted by Crippen LogP contribution is 2.35. The number of hydrogen-bond acceptors (Lipinski definition) is 8. The molecule has 8 nitrogen and oxygen atoms in total. The maximum Gasteiger partial charge on any atom is 0.160 e. The predicted octanol–water partition coefficient (Wildman–Crippen LogP) is 5.30. The van der Waals surface area contributed by atoms with E-state index in [0.717, 1.165) is 70.2 Å². The molecule has 0 saturated carbocycles. The van der Waals surface area contributed by atoms with Gasteiger partial charge in [-0.25, -0.2) is 0 Å². The average Bonchev–Trinajstić information content (AvgIpc) is 3.20. The van der Waals surface area contributed by atoms with E-state index in [1.807, 2.05) is 24.3 Å². The van der Waals surface area contributed by atoms with Crippen molar-refractivity contribution in [3.8, 4) is 46.0 Å². The topological polar surface area (TPSA) is 73.8 Å². The van der Waals surface area contributed by atoms with Gasteiger partial charge in [-0.05, 0) is 45.0 Å². The van der Waals surface area contributed by atoms with Crippen LogP contribution in [-0.2, 0) is 0 Å². The summed E-state index contributed by atoms with van der Waals surface area (Å²) in [5.41, 5.74) is 0. The Morgan fingerprint density at radius 2 is 0.566 bits per heavy atom. The molecule has 0 saturated heterocycles. The molecule has 0 amide bonds. The molecule has 0 aliphatic rings. The summed E-state index contributed by atoms with van der Waals surface area (Å²) in [4.78, 5) is 0. The van der Waals surface area contributed by atoms with Crippen LogP contribution in [0.3, 0.4) is 0 Å². The quantitative estimate of drug-likeness (QED) is 0.0886. The van der Waals surface area contributed by atoms with Crippen LogP contribution in [0.4, 0.5) is 0 Å². The molecule has 0 N–H and O–H groups in total. The molecule has 0 fully saturated rings. The van der Waals surface area contributed by atoms with E-state index in [2.05, 4.69) is 48.5 Å². The molecule has 0 unspecified atom stereocenters. The van der Waals surface area contributed by atoms with Gasteiger partial charge >= 0.3 is 0 Å². The van der Waals surface area contributed by atoms with Crippen molar-refractivity contribution in [3.63, 3.8) is 0 Å². The summed E-state index contributed by atoms with van der Waals surface area (Å²) in [6.45, 7) is 0. The lowest BCUT2D eigenvalue weighted by Gasteiger charge is -2.33. The van der Waals surface area contributed by atoms with E-state index < -0.39 is 8.07 Å². The lowest BCUT2D eigenvalue weighted by Crippen LogP contribution is -2.37. The molecule has 4 aromatic rings. The molecular formula is C40H52O8Si5. The lowest BCUT2D eigenvalue weighted by atomic mass is 10.3. The number of para-hydroxylation sites is 4. The van der Waals surface area contributed by atoms with Crippen LogP contribution in [0.2, 0.25) is 48.4 Å². The minimum atomic E-state index is -1.87. The van der Waals surface area contributed by atoms with Gasteiger partial charge in [0.15, 0.2) is 46.0 Å². The average molecular weight is 801 g/mol. The Morgan fingerprint density at radius 3 is 0.755 bits per heavy atom. The van der Waals surface area contributed by atoms with Crippen molar-refractivity contribution in [3.05, 3.63) is 72.8 Å². The summed E-state index contributed by atoms with van der Waals surface area (Å²) in [6, 6.07) is 34.4. The number of benzene rings is 4. The summed E-state index contributed by atoms with van der Waals surface area (Å²) < 4.78 is 46.0. The first kappa shape index (κ1) is 42.1. The minimum absolute atomic E-state index is 0.632. The van der Waals surface area contributed by atoms with E-state index in [0.29, 0.717) is 38.1 Å². The smallest absolute Gasteiger partial charge is 0.160 e. The zero-order chi connectivity index (χ0) is 38.1. The molecular weight excluding hydrogens is 749 g/mol. The molecule has 0 aliphatic carbocycles. The first-order chi connectivity index (χ1) is 25.9.